The molecule has 134 valence electrons. The van der Waals surface area contributed by atoms with Gasteiger partial charge in [-0.25, -0.2) is 0 Å². The van der Waals surface area contributed by atoms with Crippen molar-refractivity contribution in [3.8, 4) is 0 Å². The first kappa shape index (κ1) is 17.3. The second-order valence-corrected chi connectivity index (χ2v) is 6.74. The molecule has 0 aliphatic rings. The van der Waals surface area contributed by atoms with E-state index in [1.54, 1.807) is 24.4 Å². The lowest BCUT2D eigenvalue weighted by Gasteiger charge is -2.13. The Balaban J connectivity index is 1.83. The van der Waals surface area contributed by atoms with Gasteiger partial charge in [-0.3, -0.25) is 9.59 Å². The van der Waals surface area contributed by atoms with Gasteiger partial charge in [0.2, 0.25) is 5.43 Å². The molecule has 0 saturated heterocycles. The van der Waals surface area contributed by atoms with Gasteiger partial charge >= 0.3 is 0 Å². The third kappa shape index (κ3) is 3.09. The average molecular weight is 377 g/mol. The van der Waals surface area contributed by atoms with Gasteiger partial charge < -0.3 is 9.88 Å². The highest BCUT2D eigenvalue weighted by molar-refractivity contribution is 6.31. The number of carbonyl (C=O) groups is 1. The molecule has 0 unspecified atom stereocenters. The minimum Gasteiger partial charge on any atom is -0.347 e. The molecule has 4 nitrogen and oxygen atoms in total. The molecule has 0 saturated carbocycles. The van der Waals surface area contributed by atoms with Crippen LogP contribution in [0.15, 0.2) is 71.7 Å². The van der Waals surface area contributed by atoms with Crippen LogP contribution in [0.1, 0.15) is 17.3 Å². The minimum atomic E-state index is -0.430. The van der Waals surface area contributed by atoms with Crippen molar-refractivity contribution in [3.63, 3.8) is 0 Å². The number of halogens is 1. The van der Waals surface area contributed by atoms with Crippen molar-refractivity contribution in [2.45, 2.75) is 13.5 Å². The van der Waals surface area contributed by atoms with E-state index in [4.69, 9.17) is 11.6 Å². The van der Waals surface area contributed by atoms with Crippen LogP contribution in [0, 0.1) is 0 Å². The molecule has 0 aliphatic carbocycles. The van der Waals surface area contributed by atoms with Gasteiger partial charge in [-0.1, -0.05) is 48.0 Å². The molecular weight excluding hydrogens is 360 g/mol. The first-order chi connectivity index (χ1) is 13.1. The largest absolute Gasteiger partial charge is 0.347 e. The standard InChI is InChI=1S/C22H17ClN2O2/c1-2-25-13-18(21(26)17-12-15(23)10-11-20(17)25)22(27)24-19-9-5-7-14-6-3-4-8-16(14)19/h3-13H,2H2,1H3,(H,24,27). The van der Waals surface area contributed by atoms with Crippen LogP contribution in [0.5, 0.6) is 0 Å². The van der Waals surface area contributed by atoms with Gasteiger partial charge in [0.25, 0.3) is 5.91 Å². The molecule has 27 heavy (non-hydrogen) atoms. The maximum absolute atomic E-state index is 12.9. The SMILES string of the molecule is CCn1cc(C(=O)Nc2cccc3ccccc23)c(=O)c2cc(Cl)ccc21. The molecule has 0 bridgehead atoms. The van der Waals surface area contributed by atoms with Crippen molar-refractivity contribution in [1.82, 2.24) is 4.57 Å². The molecule has 1 heterocycles. The number of hydrogen-bond acceptors (Lipinski definition) is 2. The number of nitrogens with one attached hydrogen (secondary N) is 1. The zero-order valence-corrected chi connectivity index (χ0v) is 15.5. The van der Waals surface area contributed by atoms with Crippen molar-refractivity contribution in [3.05, 3.63) is 87.7 Å². The van der Waals surface area contributed by atoms with E-state index < -0.39 is 5.91 Å². The predicted molar refractivity (Wildman–Crippen MR) is 111 cm³/mol. The fourth-order valence-corrected chi connectivity index (χ4v) is 3.49. The Bertz CT molecular complexity index is 1240. The summed E-state index contributed by atoms with van der Waals surface area (Å²) in [6.07, 6.45) is 1.61. The zero-order chi connectivity index (χ0) is 19.0. The number of aromatic nitrogens is 1. The number of fused-ring (bicyclic) bond motifs is 2. The summed E-state index contributed by atoms with van der Waals surface area (Å²) >= 11 is 6.06. The normalized spacial score (nSPS) is 11.0. The Morgan fingerprint density at radius 1 is 1.04 bits per heavy atom. The van der Waals surface area contributed by atoms with Gasteiger partial charge in [-0.05, 0) is 36.6 Å². The summed E-state index contributed by atoms with van der Waals surface area (Å²) in [6, 6.07) is 18.6. The number of nitrogens with zero attached hydrogens (tertiary/aromatic N) is 1. The number of benzene rings is 3. The second-order valence-electron chi connectivity index (χ2n) is 6.30. The molecule has 0 spiro atoms. The minimum absolute atomic E-state index is 0.0968. The Kier molecular flexibility index (Phi) is 4.42. The van der Waals surface area contributed by atoms with Crippen LogP contribution < -0.4 is 10.7 Å². The van der Waals surface area contributed by atoms with E-state index in [9.17, 15) is 9.59 Å². The number of anilines is 1. The smallest absolute Gasteiger partial charge is 0.261 e. The summed E-state index contributed by atoms with van der Waals surface area (Å²) < 4.78 is 1.88. The highest BCUT2D eigenvalue weighted by Gasteiger charge is 2.16. The summed E-state index contributed by atoms with van der Waals surface area (Å²) in [5.41, 5.74) is 1.20. The van der Waals surface area contributed by atoms with Crippen LogP contribution in [0.4, 0.5) is 5.69 Å². The maximum Gasteiger partial charge on any atom is 0.261 e. The Labute approximate surface area is 161 Å². The lowest BCUT2D eigenvalue weighted by molar-refractivity contribution is 0.102. The van der Waals surface area contributed by atoms with Crippen LogP contribution in [0.3, 0.4) is 0 Å². The van der Waals surface area contributed by atoms with E-state index in [-0.39, 0.29) is 11.0 Å². The maximum atomic E-state index is 12.9. The molecule has 4 rings (SSSR count). The quantitative estimate of drug-likeness (QED) is 0.542. The lowest BCUT2D eigenvalue weighted by atomic mass is 10.1. The Morgan fingerprint density at radius 3 is 2.63 bits per heavy atom. The number of carbonyl (C=O) groups excluding carboxylic acids is 1. The highest BCUT2D eigenvalue weighted by Crippen LogP contribution is 2.24. The number of aryl methyl sites for hydroxylation is 1. The van der Waals surface area contributed by atoms with Crippen LogP contribution in [-0.4, -0.2) is 10.5 Å². The van der Waals surface area contributed by atoms with E-state index in [1.165, 1.54) is 0 Å². The molecule has 3 aromatic carbocycles. The molecule has 0 aliphatic heterocycles. The molecule has 1 N–H and O–H groups in total. The average Bonchev–Trinajstić information content (AvgIpc) is 2.69. The summed E-state index contributed by atoms with van der Waals surface area (Å²) in [6.45, 7) is 2.60. The Hall–Kier alpha value is -3.11. The van der Waals surface area contributed by atoms with E-state index in [0.717, 1.165) is 16.3 Å². The van der Waals surface area contributed by atoms with Gasteiger partial charge in [-0.15, -0.1) is 0 Å². The number of rotatable bonds is 3. The van der Waals surface area contributed by atoms with Crippen LogP contribution in [0.2, 0.25) is 5.02 Å². The summed E-state index contributed by atoms with van der Waals surface area (Å²) in [7, 11) is 0. The first-order valence-electron chi connectivity index (χ1n) is 8.70. The zero-order valence-electron chi connectivity index (χ0n) is 14.7. The Morgan fingerprint density at radius 2 is 1.81 bits per heavy atom. The van der Waals surface area contributed by atoms with Gasteiger partial charge in [0.15, 0.2) is 0 Å². The third-order valence-electron chi connectivity index (χ3n) is 4.67. The van der Waals surface area contributed by atoms with Crippen molar-refractivity contribution in [2.75, 3.05) is 5.32 Å². The molecular formula is C22H17ClN2O2. The van der Waals surface area contributed by atoms with Crippen molar-refractivity contribution in [2.24, 2.45) is 0 Å². The monoisotopic (exact) mass is 376 g/mol. The molecule has 1 amide bonds. The van der Waals surface area contributed by atoms with Gasteiger partial charge in [0, 0.05) is 34.2 Å². The van der Waals surface area contributed by atoms with Crippen molar-refractivity contribution >= 4 is 44.9 Å². The van der Waals surface area contributed by atoms with Crippen LogP contribution in [-0.2, 0) is 6.54 Å². The number of hydrogen-bond donors (Lipinski definition) is 1. The number of pyridine rings is 1. The topological polar surface area (TPSA) is 51.1 Å². The second kappa shape index (κ2) is 6.89. The number of amides is 1. The van der Waals surface area contributed by atoms with E-state index in [1.807, 2.05) is 54.0 Å². The fraction of sp³-hybridized carbons (Fsp3) is 0.0909. The van der Waals surface area contributed by atoms with Crippen molar-refractivity contribution < 1.29 is 4.79 Å². The molecule has 0 radical (unpaired) electrons. The molecule has 5 heteroatoms. The van der Waals surface area contributed by atoms with Gasteiger partial charge in [0.05, 0.1) is 5.52 Å². The summed E-state index contributed by atoms with van der Waals surface area (Å²) in [5, 5.41) is 5.74. The highest BCUT2D eigenvalue weighted by atomic mass is 35.5. The lowest BCUT2D eigenvalue weighted by Crippen LogP contribution is -2.24. The van der Waals surface area contributed by atoms with E-state index in [0.29, 0.717) is 22.6 Å². The molecule has 1 aromatic heterocycles. The molecule has 0 fully saturated rings. The van der Waals surface area contributed by atoms with Crippen LogP contribution >= 0.6 is 11.6 Å². The van der Waals surface area contributed by atoms with E-state index in [2.05, 4.69) is 5.32 Å². The van der Waals surface area contributed by atoms with E-state index >= 15 is 0 Å². The van der Waals surface area contributed by atoms with Gasteiger partial charge in [-0.2, -0.15) is 0 Å². The van der Waals surface area contributed by atoms with Gasteiger partial charge in [0.1, 0.15) is 5.56 Å². The summed E-state index contributed by atoms with van der Waals surface area (Å²) in [5.74, 6) is -0.430. The third-order valence-corrected chi connectivity index (χ3v) is 4.90. The van der Waals surface area contributed by atoms with Crippen LogP contribution in [0.25, 0.3) is 21.7 Å². The molecule has 0 atom stereocenters. The van der Waals surface area contributed by atoms with Crippen molar-refractivity contribution in [1.29, 1.82) is 0 Å². The first-order valence-corrected chi connectivity index (χ1v) is 9.08. The molecule has 4 aromatic rings. The summed E-state index contributed by atoms with van der Waals surface area (Å²) in [4.78, 5) is 25.8. The fourth-order valence-electron chi connectivity index (χ4n) is 3.32. The predicted octanol–water partition coefficient (Wildman–Crippen LogP) is 5.08.